The van der Waals surface area contributed by atoms with Gasteiger partial charge in [0, 0.05) is 6.20 Å². The Labute approximate surface area is 151 Å². The highest BCUT2D eigenvalue weighted by atomic mass is 35.5. The van der Waals surface area contributed by atoms with E-state index in [0.29, 0.717) is 5.69 Å². The standard InChI is InChI=1S/C17H11ClF3N3O2/c1-25-13-14(18)23-15(12-7-2-3-8-22-12)24-16(13)26-11-6-4-5-10(9-11)17(19,20)21/h2-9H,1H3. The molecule has 0 radical (unpaired) electrons. The summed E-state index contributed by atoms with van der Waals surface area (Å²) in [6.07, 6.45) is -2.95. The van der Waals surface area contributed by atoms with Crippen LogP contribution in [0.25, 0.3) is 11.5 Å². The highest BCUT2D eigenvalue weighted by molar-refractivity contribution is 6.31. The molecule has 5 nitrogen and oxygen atoms in total. The predicted octanol–water partition coefficient (Wildman–Crippen LogP) is 5.01. The van der Waals surface area contributed by atoms with E-state index in [2.05, 4.69) is 15.0 Å². The molecule has 0 saturated heterocycles. The first-order valence-corrected chi connectivity index (χ1v) is 7.64. The molecule has 0 aliphatic carbocycles. The lowest BCUT2D eigenvalue weighted by atomic mass is 10.2. The van der Waals surface area contributed by atoms with Crippen LogP contribution >= 0.6 is 11.6 Å². The molecular weight excluding hydrogens is 371 g/mol. The van der Waals surface area contributed by atoms with Crippen molar-refractivity contribution in [3.8, 4) is 28.9 Å². The van der Waals surface area contributed by atoms with Crippen LogP contribution in [0, 0.1) is 0 Å². The van der Waals surface area contributed by atoms with E-state index in [1.165, 1.54) is 19.2 Å². The first-order valence-electron chi connectivity index (χ1n) is 7.26. The Bertz CT molecular complexity index is 921. The first-order chi connectivity index (χ1) is 12.4. The molecule has 0 amide bonds. The maximum absolute atomic E-state index is 12.9. The van der Waals surface area contributed by atoms with Crippen molar-refractivity contribution in [2.24, 2.45) is 0 Å². The Balaban J connectivity index is 2.03. The summed E-state index contributed by atoms with van der Waals surface area (Å²) < 4.78 is 49.2. The topological polar surface area (TPSA) is 57.1 Å². The van der Waals surface area contributed by atoms with Gasteiger partial charge in [-0.05, 0) is 30.3 Å². The van der Waals surface area contributed by atoms with Crippen LogP contribution in [-0.4, -0.2) is 22.1 Å². The molecule has 2 heterocycles. The molecule has 0 bridgehead atoms. The SMILES string of the molecule is COc1c(Cl)nc(-c2ccccn2)nc1Oc1cccc(C(F)(F)F)c1. The number of nitrogens with zero attached hydrogens (tertiary/aromatic N) is 3. The number of methoxy groups -OCH3 is 1. The largest absolute Gasteiger partial charge is 0.489 e. The highest BCUT2D eigenvalue weighted by Gasteiger charge is 2.31. The normalized spacial score (nSPS) is 11.3. The number of aromatic nitrogens is 3. The van der Waals surface area contributed by atoms with Crippen molar-refractivity contribution in [3.05, 3.63) is 59.4 Å². The van der Waals surface area contributed by atoms with Gasteiger partial charge in [-0.1, -0.05) is 23.7 Å². The van der Waals surface area contributed by atoms with Gasteiger partial charge in [0.2, 0.25) is 5.75 Å². The average Bonchev–Trinajstić information content (AvgIpc) is 2.62. The van der Waals surface area contributed by atoms with Gasteiger partial charge in [0.1, 0.15) is 11.4 Å². The van der Waals surface area contributed by atoms with E-state index in [1.54, 1.807) is 24.4 Å². The molecule has 0 aliphatic rings. The van der Waals surface area contributed by atoms with Gasteiger partial charge < -0.3 is 9.47 Å². The number of alkyl halides is 3. The van der Waals surface area contributed by atoms with Crippen LogP contribution in [0.3, 0.4) is 0 Å². The van der Waals surface area contributed by atoms with E-state index in [4.69, 9.17) is 21.1 Å². The Morgan fingerprint density at radius 1 is 1.04 bits per heavy atom. The van der Waals surface area contributed by atoms with Crippen molar-refractivity contribution in [2.45, 2.75) is 6.18 Å². The molecule has 2 aromatic heterocycles. The lowest BCUT2D eigenvalue weighted by Crippen LogP contribution is -2.05. The number of rotatable bonds is 4. The fourth-order valence-electron chi connectivity index (χ4n) is 2.10. The summed E-state index contributed by atoms with van der Waals surface area (Å²) in [7, 11) is 1.32. The second-order valence-corrected chi connectivity index (χ2v) is 5.38. The first kappa shape index (κ1) is 17.9. The summed E-state index contributed by atoms with van der Waals surface area (Å²) in [6, 6.07) is 9.50. The lowest BCUT2D eigenvalue weighted by Gasteiger charge is -2.13. The van der Waals surface area contributed by atoms with Crippen molar-refractivity contribution in [1.29, 1.82) is 0 Å². The number of hydrogen-bond acceptors (Lipinski definition) is 5. The van der Waals surface area contributed by atoms with Crippen LogP contribution in [0.1, 0.15) is 5.56 Å². The number of benzene rings is 1. The van der Waals surface area contributed by atoms with Gasteiger partial charge in [-0.3, -0.25) is 4.98 Å². The number of ether oxygens (including phenoxy) is 2. The van der Waals surface area contributed by atoms with Crippen molar-refractivity contribution in [3.63, 3.8) is 0 Å². The quantitative estimate of drug-likeness (QED) is 0.594. The molecule has 3 aromatic rings. The maximum Gasteiger partial charge on any atom is 0.416 e. The molecule has 0 aliphatic heterocycles. The molecule has 0 spiro atoms. The minimum atomic E-state index is -4.49. The Hall–Kier alpha value is -2.87. The summed E-state index contributed by atoms with van der Waals surface area (Å²) in [5.74, 6) is -0.0329. The zero-order chi connectivity index (χ0) is 18.7. The predicted molar refractivity (Wildman–Crippen MR) is 88.3 cm³/mol. The Kier molecular flexibility index (Phi) is 4.94. The molecule has 0 N–H and O–H groups in total. The zero-order valence-corrected chi connectivity index (χ0v) is 14.0. The minimum Gasteiger partial charge on any atom is -0.489 e. The fraction of sp³-hybridized carbons (Fsp3) is 0.118. The minimum absolute atomic E-state index is 0.00348. The molecule has 134 valence electrons. The average molecular weight is 382 g/mol. The van der Waals surface area contributed by atoms with Crippen LogP contribution in [0.5, 0.6) is 17.4 Å². The van der Waals surface area contributed by atoms with Gasteiger partial charge in [0.15, 0.2) is 11.0 Å². The monoisotopic (exact) mass is 381 g/mol. The van der Waals surface area contributed by atoms with Crippen LogP contribution in [0.4, 0.5) is 13.2 Å². The van der Waals surface area contributed by atoms with E-state index in [-0.39, 0.29) is 28.4 Å². The van der Waals surface area contributed by atoms with Gasteiger partial charge in [-0.25, -0.2) is 4.98 Å². The highest BCUT2D eigenvalue weighted by Crippen LogP contribution is 2.38. The third-order valence-electron chi connectivity index (χ3n) is 3.27. The van der Waals surface area contributed by atoms with Gasteiger partial charge in [0.25, 0.3) is 5.88 Å². The molecular formula is C17H11ClF3N3O2. The molecule has 9 heteroatoms. The fourth-order valence-corrected chi connectivity index (χ4v) is 2.34. The molecule has 3 rings (SSSR count). The van der Waals surface area contributed by atoms with Crippen LogP contribution in [-0.2, 0) is 6.18 Å². The Morgan fingerprint density at radius 2 is 1.85 bits per heavy atom. The second-order valence-electron chi connectivity index (χ2n) is 5.02. The van der Waals surface area contributed by atoms with Crippen LogP contribution in [0.15, 0.2) is 48.7 Å². The van der Waals surface area contributed by atoms with Crippen molar-refractivity contribution >= 4 is 11.6 Å². The van der Waals surface area contributed by atoms with Gasteiger partial charge in [-0.15, -0.1) is 0 Å². The van der Waals surface area contributed by atoms with E-state index < -0.39 is 11.7 Å². The van der Waals surface area contributed by atoms with Crippen molar-refractivity contribution < 1.29 is 22.6 Å². The molecule has 0 unspecified atom stereocenters. The molecule has 0 fully saturated rings. The zero-order valence-electron chi connectivity index (χ0n) is 13.3. The number of halogens is 4. The number of pyridine rings is 1. The van der Waals surface area contributed by atoms with Crippen molar-refractivity contribution in [1.82, 2.24) is 15.0 Å². The summed E-state index contributed by atoms with van der Waals surface area (Å²) in [6.45, 7) is 0. The van der Waals surface area contributed by atoms with Gasteiger partial charge in [-0.2, -0.15) is 18.2 Å². The van der Waals surface area contributed by atoms with Crippen LogP contribution in [0.2, 0.25) is 5.15 Å². The Morgan fingerprint density at radius 3 is 2.50 bits per heavy atom. The van der Waals surface area contributed by atoms with E-state index in [0.717, 1.165) is 12.1 Å². The molecule has 0 atom stereocenters. The van der Waals surface area contributed by atoms with E-state index in [9.17, 15) is 13.2 Å². The summed E-state index contributed by atoms with van der Waals surface area (Å²) in [4.78, 5) is 12.4. The van der Waals surface area contributed by atoms with Crippen molar-refractivity contribution in [2.75, 3.05) is 7.11 Å². The molecule has 0 saturated carbocycles. The van der Waals surface area contributed by atoms with Crippen LogP contribution < -0.4 is 9.47 Å². The maximum atomic E-state index is 12.9. The summed E-state index contributed by atoms with van der Waals surface area (Å²) in [5, 5.41) is -0.0508. The second kappa shape index (κ2) is 7.17. The summed E-state index contributed by atoms with van der Waals surface area (Å²) >= 11 is 6.09. The smallest absolute Gasteiger partial charge is 0.416 e. The van der Waals surface area contributed by atoms with E-state index >= 15 is 0 Å². The van der Waals surface area contributed by atoms with Gasteiger partial charge >= 0.3 is 6.18 Å². The lowest BCUT2D eigenvalue weighted by molar-refractivity contribution is -0.137. The van der Waals surface area contributed by atoms with E-state index in [1.807, 2.05) is 0 Å². The summed E-state index contributed by atoms with van der Waals surface area (Å²) in [5.41, 5.74) is -0.426. The number of hydrogen-bond donors (Lipinski definition) is 0. The third-order valence-corrected chi connectivity index (χ3v) is 3.52. The van der Waals surface area contributed by atoms with Gasteiger partial charge in [0.05, 0.1) is 12.7 Å². The molecule has 26 heavy (non-hydrogen) atoms. The third kappa shape index (κ3) is 3.85. The molecule has 1 aromatic carbocycles.